The summed E-state index contributed by atoms with van der Waals surface area (Å²) in [5.74, 6) is 0.843. The van der Waals surface area contributed by atoms with E-state index in [-0.39, 0.29) is 24.0 Å². The third kappa shape index (κ3) is 4.14. The zero-order chi connectivity index (χ0) is 21.3. The highest BCUT2D eigenvalue weighted by atomic mass is 16.3. The van der Waals surface area contributed by atoms with Crippen LogP contribution in [0.3, 0.4) is 0 Å². The number of Topliss-reactive ketones (excluding diaryl/α,β-unsaturated/α-hetero) is 1. The van der Waals surface area contributed by atoms with Gasteiger partial charge in [-0.05, 0) is 48.1 Å². The van der Waals surface area contributed by atoms with Crippen molar-refractivity contribution in [1.29, 1.82) is 0 Å². The summed E-state index contributed by atoms with van der Waals surface area (Å²) in [6.45, 7) is 2.78. The van der Waals surface area contributed by atoms with E-state index in [1.807, 2.05) is 41.1 Å². The molecule has 0 spiro atoms. The fourth-order valence-electron chi connectivity index (χ4n) is 4.06. The van der Waals surface area contributed by atoms with Crippen molar-refractivity contribution in [2.24, 2.45) is 11.8 Å². The first-order chi connectivity index (χ1) is 14.5. The number of pyridine rings is 1. The van der Waals surface area contributed by atoms with Crippen molar-refractivity contribution in [3.8, 4) is 0 Å². The number of ketones is 1. The van der Waals surface area contributed by atoms with Gasteiger partial charge < -0.3 is 15.0 Å². The number of rotatable bonds is 8. The van der Waals surface area contributed by atoms with Gasteiger partial charge in [0.15, 0.2) is 5.78 Å². The molecule has 1 saturated carbocycles. The highest BCUT2D eigenvalue weighted by molar-refractivity contribution is 6.00. The first-order valence-corrected chi connectivity index (χ1v) is 10.4. The Kier molecular flexibility index (Phi) is 5.68. The number of aromatic nitrogens is 2. The van der Waals surface area contributed by atoms with Gasteiger partial charge in [-0.2, -0.15) is 0 Å². The van der Waals surface area contributed by atoms with Crippen molar-refractivity contribution in [3.05, 3.63) is 65.1 Å². The number of aliphatic hydroxyl groups is 1. The molecule has 1 aliphatic carbocycles. The van der Waals surface area contributed by atoms with Crippen LogP contribution < -0.4 is 5.32 Å². The number of carbonyl (C=O) groups excluding carboxylic acids is 2. The summed E-state index contributed by atoms with van der Waals surface area (Å²) in [7, 11) is 1.56. The van der Waals surface area contributed by atoms with E-state index < -0.39 is 0 Å². The maximum Gasteiger partial charge on any atom is 0.269 e. The van der Waals surface area contributed by atoms with Crippen LogP contribution >= 0.6 is 0 Å². The number of hydrogen-bond donors (Lipinski definition) is 2. The van der Waals surface area contributed by atoms with Crippen LogP contribution in [0.15, 0.2) is 42.6 Å². The van der Waals surface area contributed by atoms with Crippen LogP contribution in [-0.4, -0.2) is 40.0 Å². The van der Waals surface area contributed by atoms with E-state index in [4.69, 9.17) is 0 Å². The van der Waals surface area contributed by atoms with Gasteiger partial charge in [-0.15, -0.1) is 0 Å². The molecule has 2 N–H and O–H groups in total. The Bertz CT molecular complexity index is 1100. The van der Waals surface area contributed by atoms with Crippen molar-refractivity contribution >= 4 is 22.6 Å². The number of nitrogens with zero attached hydrogens (tertiary/aromatic N) is 2. The van der Waals surface area contributed by atoms with Crippen LogP contribution in [-0.2, 0) is 13.0 Å². The maximum absolute atomic E-state index is 12.8. The highest BCUT2D eigenvalue weighted by Crippen LogP contribution is 2.41. The molecule has 0 saturated heterocycles. The quantitative estimate of drug-likeness (QED) is 0.564. The minimum absolute atomic E-state index is 0.0745. The molecule has 3 aromatic rings. The van der Waals surface area contributed by atoms with Crippen molar-refractivity contribution < 1.29 is 14.7 Å². The largest absolute Gasteiger partial charge is 0.395 e. The third-order valence-electron chi connectivity index (χ3n) is 6.00. The molecule has 1 amide bonds. The number of hydrogen-bond acceptors (Lipinski definition) is 4. The molecule has 6 nitrogen and oxygen atoms in total. The minimum Gasteiger partial charge on any atom is -0.395 e. The second-order valence-electron chi connectivity index (χ2n) is 8.17. The molecular formula is C24H27N3O3. The summed E-state index contributed by atoms with van der Waals surface area (Å²) in [6, 6.07) is 11.5. The van der Waals surface area contributed by atoms with Crippen LogP contribution in [0.2, 0.25) is 0 Å². The van der Waals surface area contributed by atoms with Gasteiger partial charge in [-0.3, -0.25) is 9.59 Å². The van der Waals surface area contributed by atoms with Crippen molar-refractivity contribution in [2.75, 3.05) is 13.7 Å². The maximum atomic E-state index is 12.8. The minimum atomic E-state index is -0.294. The molecule has 6 heteroatoms. The predicted molar refractivity (Wildman–Crippen MR) is 116 cm³/mol. The summed E-state index contributed by atoms with van der Waals surface area (Å²) in [5.41, 5.74) is 3.64. The molecule has 156 valence electrons. The average molecular weight is 405 g/mol. The Labute approximate surface area is 175 Å². The van der Waals surface area contributed by atoms with Crippen LogP contribution in [0.25, 0.3) is 10.9 Å². The average Bonchev–Trinajstić information content (AvgIpc) is 3.28. The Hall–Kier alpha value is -2.99. The molecule has 2 heterocycles. The zero-order valence-electron chi connectivity index (χ0n) is 17.4. The van der Waals surface area contributed by atoms with Gasteiger partial charge in [0.05, 0.1) is 6.61 Å². The molecule has 0 bridgehead atoms. The highest BCUT2D eigenvalue weighted by Gasteiger charge is 2.34. The molecule has 30 heavy (non-hydrogen) atoms. The summed E-state index contributed by atoms with van der Waals surface area (Å²) in [4.78, 5) is 29.6. The van der Waals surface area contributed by atoms with Crippen LogP contribution in [0.5, 0.6) is 0 Å². The number of aliphatic hydroxyl groups excluding tert-OH is 1. The third-order valence-corrected chi connectivity index (χ3v) is 6.00. The van der Waals surface area contributed by atoms with E-state index in [1.165, 1.54) is 0 Å². The Balaban J connectivity index is 1.68. The smallest absolute Gasteiger partial charge is 0.269 e. The van der Waals surface area contributed by atoms with Gasteiger partial charge in [0.1, 0.15) is 5.69 Å². The number of amides is 1. The lowest BCUT2D eigenvalue weighted by molar-refractivity contribution is 0.0958. The summed E-state index contributed by atoms with van der Waals surface area (Å²) < 4.78 is 2.01. The van der Waals surface area contributed by atoms with E-state index in [0.717, 1.165) is 22.9 Å². The monoisotopic (exact) mass is 405 g/mol. The van der Waals surface area contributed by atoms with Gasteiger partial charge in [0.2, 0.25) is 0 Å². The van der Waals surface area contributed by atoms with Gasteiger partial charge >= 0.3 is 0 Å². The van der Waals surface area contributed by atoms with Crippen LogP contribution in [0, 0.1) is 11.8 Å². The SMILES string of the molecule is CNC(=O)c1cc(C(=O)C[C@H]2C[C@@H]2C)cc(Cc2cccc3c2ccn3CCO)n1. The molecule has 2 atom stereocenters. The normalized spacial score (nSPS) is 17.8. The topological polar surface area (TPSA) is 84.2 Å². The first-order valence-electron chi connectivity index (χ1n) is 10.4. The predicted octanol–water partition coefficient (Wildman–Crippen LogP) is 3.21. The Morgan fingerprint density at radius 1 is 1.27 bits per heavy atom. The molecule has 0 aliphatic heterocycles. The van der Waals surface area contributed by atoms with Crippen LogP contribution in [0.4, 0.5) is 0 Å². The number of benzene rings is 1. The van der Waals surface area contributed by atoms with Gasteiger partial charge in [-0.1, -0.05) is 19.1 Å². The zero-order valence-corrected chi connectivity index (χ0v) is 17.4. The van der Waals surface area contributed by atoms with E-state index in [1.54, 1.807) is 13.1 Å². The number of nitrogens with one attached hydrogen (secondary N) is 1. The van der Waals surface area contributed by atoms with Gasteiger partial charge in [0, 0.05) is 54.8 Å². The van der Waals surface area contributed by atoms with Crippen molar-refractivity contribution in [1.82, 2.24) is 14.9 Å². The van der Waals surface area contributed by atoms with Crippen molar-refractivity contribution in [3.63, 3.8) is 0 Å². The summed E-state index contributed by atoms with van der Waals surface area (Å²) in [6.07, 6.45) is 4.10. The first kappa shape index (κ1) is 20.3. The fraction of sp³-hybridized carbons (Fsp3) is 0.375. The lowest BCUT2D eigenvalue weighted by Gasteiger charge is -2.10. The second-order valence-corrected chi connectivity index (χ2v) is 8.17. The number of carbonyl (C=O) groups is 2. The molecule has 1 aromatic carbocycles. The van der Waals surface area contributed by atoms with E-state index in [0.29, 0.717) is 42.5 Å². The van der Waals surface area contributed by atoms with E-state index in [9.17, 15) is 14.7 Å². The lowest BCUT2D eigenvalue weighted by atomic mass is 10.00. The van der Waals surface area contributed by atoms with Crippen molar-refractivity contribution in [2.45, 2.75) is 32.7 Å². The van der Waals surface area contributed by atoms with E-state index in [2.05, 4.69) is 17.2 Å². The Morgan fingerprint density at radius 2 is 2.07 bits per heavy atom. The molecular weight excluding hydrogens is 378 g/mol. The molecule has 4 rings (SSSR count). The van der Waals surface area contributed by atoms with Crippen LogP contribution in [0.1, 0.15) is 51.9 Å². The van der Waals surface area contributed by atoms with E-state index >= 15 is 0 Å². The molecule has 2 aromatic heterocycles. The second kappa shape index (κ2) is 8.40. The summed E-state index contributed by atoms with van der Waals surface area (Å²) >= 11 is 0. The molecule has 1 aliphatic rings. The van der Waals surface area contributed by atoms with Gasteiger partial charge in [0.25, 0.3) is 5.91 Å². The number of fused-ring (bicyclic) bond motifs is 1. The summed E-state index contributed by atoms with van der Waals surface area (Å²) in [5, 5.41) is 13.0. The standard InChI is InChI=1S/C24H27N3O3/c1-15-10-17(15)14-23(29)18-12-19(26-21(13-18)24(30)25-2)11-16-4-3-5-22-20(16)6-7-27(22)8-9-28/h3-7,12-13,15,17,28H,8-11,14H2,1-2H3,(H,25,30)/t15-,17+/m0/s1. The fourth-order valence-corrected chi connectivity index (χ4v) is 4.06. The Morgan fingerprint density at radius 3 is 2.77 bits per heavy atom. The lowest BCUT2D eigenvalue weighted by Crippen LogP contribution is -2.20. The molecule has 0 unspecified atom stereocenters. The molecule has 1 fully saturated rings. The molecule has 0 radical (unpaired) electrons. The van der Waals surface area contributed by atoms with Gasteiger partial charge in [-0.25, -0.2) is 4.98 Å².